The van der Waals surface area contributed by atoms with Crippen molar-refractivity contribution >= 4 is 0 Å². The van der Waals surface area contributed by atoms with Gasteiger partial charge in [-0.05, 0) is 24.6 Å². The molecule has 4 nitrogen and oxygen atoms in total. The van der Waals surface area contributed by atoms with E-state index < -0.39 is 0 Å². The Morgan fingerprint density at radius 3 is 3.06 bits per heavy atom. The van der Waals surface area contributed by atoms with Crippen LogP contribution in [-0.2, 0) is 11.3 Å². The zero-order chi connectivity index (χ0) is 13.0. The Labute approximate surface area is 110 Å². The molecule has 1 aromatic rings. The summed E-state index contributed by atoms with van der Waals surface area (Å²) in [5.74, 6) is 0. The summed E-state index contributed by atoms with van der Waals surface area (Å²) in [5, 5.41) is 0. The van der Waals surface area contributed by atoms with E-state index in [0.29, 0.717) is 6.10 Å². The van der Waals surface area contributed by atoms with Crippen LogP contribution in [0.3, 0.4) is 0 Å². The van der Waals surface area contributed by atoms with Crippen LogP contribution < -0.4 is 5.73 Å². The quantitative estimate of drug-likeness (QED) is 0.865. The van der Waals surface area contributed by atoms with Crippen molar-refractivity contribution in [3.8, 4) is 0 Å². The van der Waals surface area contributed by atoms with Crippen molar-refractivity contribution < 1.29 is 4.74 Å². The van der Waals surface area contributed by atoms with Gasteiger partial charge in [0, 0.05) is 38.1 Å². The number of likely N-dealkylation sites (N-methyl/N-ethyl adjacent to an activating group) is 1. The molecule has 0 radical (unpaired) electrons. The van der Waals surface area contributed by atoms with Crippen molar-refractivity contribution in [3.63, 3.8) is 0 Å². The molecule has 1 fully saturated rings. The van der Waals surface area contributed by atoms with E-state index in [1.54, 1.807) is 0 Å². The minimum Gasteiger partial charge on any atom is -0.374 e. The van der Waals surface area contributed by atoms with E-state index in [0.717, 1.165) is 39.2 Å². The van der Waals surface area contributed by atoms with Crippen LogP contribution in [0.15, 0.2) is 18.5 Å². The Bertz CT molecular complexity index is 364. The van der Waals surface area contributed by atoms with Gasteiger partial charge in [-0.3, -0.25) is 4.90 Å². The first kappa shape index (κ1) is 13.6. The Balaban J connectivity index is 1.90. The maximum atomic E-state index is 6.03. The zero-order valence-electron chi connectivity index (χ0n) is 11.5. The molecular formula is C14H25N3O. The lowest BCUT2D eigenvalue weighted by Crippen LogP contribution is -2.43. The van der Waals surface area contributed by atoms with Gasteiger partial charge in [0.05, 0.1) is 12.7 Å². The van der Waals surface area contributed by atoms with Gasteiger partial charge >= 0.3 is 0 Å². The monoisotopic (exact) mass is 251 g/mol. The molecule has 2 rings (SSSR count). The lowest BCUT2D eigenvalue weighted by molar-refractivity contribution is -0.0342. The summed E-state index contributed by atoms with van der Waals surface area (Å²) < 4.78 is 8.02. The van der Waals surface area contributed by atoms with E-state index in [4.69, 9.17) is 10.5 Å². The molecule has 0 saturated carbocycles. The van der Waals surface area contributed by atoms with Gasteiger partial charge in [0.15, 0.2) is 0 Å². The van der Waals surface area contributed by atoms with Gasteiger partial charge in [-0.15, -0.1) is 0 Å². The van der Waals surface area contributed by atoms with Gasteiger partial charge in [0.25, 0.3) is 0 Å². The van der Waals surface area contributed by atoms with E-state index in [-0.39, 0.29) is 6.04 Å². The molecule has 0 amide bonds. The molecular weight excluding hydrogens is 226 g/mol. The van der Waals surface area contributed by atoms with E-state index in [1.165, 1.54) is 5.56 Å². The molecule has 102 valence electrons. The molecule has 1 aliphatic rings. The Morgan fingerprint density at radius 1 is 1.50 bits per heavy atom. The van der Waals surface area contributed by atoms with Crippen LogP contribution in [0, 0.1) is 0 Å². The Hall–Kier alpha value is -0.840. The molecule has 2 N–H and O–H groups in total. The van der Waals surface area contributed by atoms with Crippen molar-refractivity contribution in [1.82, 2.24) is 9.47 Å². The molecule has 4 heteroatoms. The minimum absolute atomic E-state index is 0.158. The highest BCUT2D eigenvalue weighted by molar-refractivity contribution is 5.14. The van der Waals surface area contributed by atoms with Crippen molar-refractivity contribution in [2.45, 2.75) is 39.0 Å². The summed E-state index contributed by atoms with van der Waals surface area (Å²) in [6, 6.07) is 2.28. The predicted molar refractivity (Wildman–Crippen MR) is 73.5 cm³/mol. The van der Waals surface area contributed by atoms with E-state index in [9.17, 15) is 0 Å². The predicted octanol–water partition coefficient (Wildman–Crippen LogP) is 1.62. The largest absolute Gasteiger partial charge is 0.374 e. The normalized spacial score (nSPS) is 23.2. The highest BCUT2D eigenvalue weighted by atomic mass is 16.5. The first-order valence-corrected chi connectivity index (χ1v) is 6.98. The summed E-state index contributed by atoms with van der Waals surface area (Å²) >= 11 is 0. The van der Waals surface area contributed by atoms with Crippen molar-refractivity contribution in [2.75, 3.05) is 26.2 Å². The van der Waals surface area contributed by atoms with Crippen LogP contribution in [0.4, 0.5) is 0 Å². The van der Waals surface area contributed by atoms with Gasteiger partial charge in [0.1, 0.15) is 0 Å². The highest BCUT2D eigenvalue weighted by Crippen LogP contribution is 2.15. The average Bonchev–Trinajstić information content (AvgIpc) is 2.86. The fourth-order valence-electron chi connectivity index (χ4n) is 2.44. The first-order valence-electron chi connectivity index (χ1n) is 6.98. The summed E-state index contributed by atoms with van der Waals surface area (Å²) in [7, 11) is 0. The van der Waals surface area contributed by atoms with Crippen LogP contribution in [0.2, 0.25) is 0 Å². The summed E-state index contributed by atoms with van der Waals surface area (Å²) in [5.41, 5.74) is 7.25. The average molecular weight is 251 g/mol. The minimum atomic E-state index is 0.158. The number of nitrogens with zero attached hydrogens (tertiary/aromatic N) is 2. The number of aromatic nitrogens is 1. The van der Waals surface area contributed by atoms with Gasteiger partial charge in [-0.2, -0.15) is 0 Å². The van der Waals surface area contributed by atoms with Crippen LogP contribution in [0.25, 0.3) is 0 Å². The molecule has 2 unspecified atom stereocenters. The second kappa shape index (κ2) is 6.36. The number of morpholine rings is 1. The summed E-state index contributed by atoms with van der Waals surface area (Å²) in [4.78, 5) is 2.44. The lowest BCUT2D eigenvalue weighted by Gasteiger charge is -2.32. The SMILES string of the molecule is CCC(N)c1ccn(CC2CN(CC)CCO2)c1. The molecule has 0 aromatic carbocycles. The molecule has 2 heterocycles. The molecule has 1 aromatic heterocycles. The maximum absolute atomic E-state index is 6.03. The summed E-state index contributed by atoms with van der Waals surface area (Å²) in [6.07, 6.45) is 5.55. The summed E-state index contributed by atoms with van der Waals surface area (Å²) in [6.45, 7) is 9.29. The Morgan fingerprint density at radius 2 is 2.33 bits per heavy atom. The smallest absolute Gasteiger partial charge is 0.0880 e. The van der Waals surface area contributed by atoms with Crippen LogP contribution >= 0.6 is 0 Å². The molecule has 1 aliphatic heterocycles. The number of ether oxygens (including phenoxy) is 1. The molecule has 0 aliphatic carbocycles. The third-order valence-corrected chi connectivity index (χ3v) is 3.73. The number of hydrogen-bond donors (Lipinski definition) is 1. The number of rotatable bonds is 5. The van der Waals surface area contributed by atoms with Gasteiger partial charge in [0.2, 0.25) is 0 Å². The maximum Gasteiger partial charge on any atom is 0.0880 e. The molecule has 0 bridgehead atoms. The fourth-order valence-corrected chi connectivity index (χ4v) is 2.44. The van der Waals surface area contributed by atoms with Crippen molar-refractivity contribution in [3.05, 3.63) is 24.0 Å². The molecule has 2 atom stereocenters. The van der Waals surface area contributed by atoms with Crippen LogP contribution in [0.1, 0.15) is 31.9 Å². The van der Waals surface area contributed by atoms with Crippen LogP contribution in [-0.4, -0.2) is 41.8 Å². The van der Waals surface area contributed by atoms with Gasteiger partial charge in [-0.25, -0.2) is 0 Å². The topological polar surface area (TPSA) is 43.4 Å². The van der Waals surface area contributed by atoms with Crippen molar-refractivity contribution in [2.24, 2.45) is 5.73 Å². The van der Waals surface area contributed by atoms with E-state index in [2.05, 4.69) is 41.8 Å². The van der Waals surface area contributed by atoms with Crippen LogP contribution in [0.5, 0.6) is 0 Å². The first-order chi connectivity index (χ1) is 8.72. The lowest BCUT2D eigenvalue weighted by atomic mass is 10.1. The Kier molecular flexibility index (Phi) is 4.80. The number of nitrogens with two attached hydrogens (primary N) is 1. The van der Waals surface area contributed by atoms with Crippen molar-refractivity contribution in [1.29, 1.82) is 0 Å². The van der Waals surface area contributed by atoms with Gasteiger partial charge < -0.3 is 15.0 Å². The third-order valence-electron chi connectivity index (χ3n) is 3.73. The third kappa shape index (κ3) is 3.34. The fraction of sp³-hybridized carbons (Fsp3) is 0.714. The second-order valence-electron chi connectivity index (χ2n) is 5.04. The molecule has 1 saturated heterocycles. The van der Waals surface area contributed by atoms with Gasteiger partial charge in [-0.1, -0.05) is 13.8 Å². The molecule has 0 spiro atoms. The highest BCUT2D eigenvalue weighted by Gasteiger charge is 2.19. The van der Waals surface area contributed by atoms with E-state index in [1.807, 2.05) is 0 Å². The standard InChI is InChI=1S/C14H25N3O/c1-3-14(15)12-5-6-17(9-12)11-13-10-16(4-2)7-8-18-13/h5-6,9,13-14H,3-4,7-8,10-11,15H2,1-2H3. The van der Waals surface area contributed by atoms with E-state index >= 15 is 0 Å². The number of hydrogen-bond acceptors (Lipinski definition) is 3. The second-order valence-corrected chi connectivity index (χ2v) is 5.04. The zero-order valence-corrected chi connectivity index (χ0v) is 11.5. The molecule has 18 heavy (non-hydrogen) atoms.